The molecule has 0 saturated carbocycles. The second-order valence-electron chi connectivity index (χ2n) is 6.75. The summed E-state index contributed by atoms with van der Waals surface area (Å²) in [5, 5.41) is 6.73. The summed E-state index contributed by atoms with van der Waals surface area (Å²) in [6.45, 7) is 8.63. The van der Waals surface area contributed by atoms with Gasteiger partial charge in [-0.1, -0.05) is 6.42 Å². The van der Waals surface area contributed by atoms with E-state index < -0.39 is 0 Å². The summed E-state index contributed by atoms with van der Waals surface area (Å²) in [7, 11) is 3.22. The Labute approximate surface area is 164 Å². The fraction of sp³-hybridized carbons (Fsp3) is 0.882. The number of piperidine rings is 1. The Morgan fingerprint density at radius 2 is 1.83 bits per heavy atom. The van der Waals surface area contributed by atoms with Gasteiger partial charge in [0.05, 0.1) is 7.11 Å². The minimum atomic E-state index is -0.143. The Balaban J connectivity index is 0.00000529. The van der Waals surface area contributed by atoms with Crippen molar-refractivity contribution >= 4 is 35.9 Å². The van der Waals surface area contributed by atoms with Crippen molar-refractivity contribution in [1.82, 2.24) is 15.5 Å². The molecular weight excluding hydrogens is 419 g/mol. The van der Waals surface area contributed by atoms with Crippen LogP contribution in [0.15, 0.2) is 4.99 Å². The number of rotatable bonds is 8. The summed E-state index contributed by atoms with van der Waals surface area (Å²) in [5.41, 5.74) is 0.128. The van der Waals surface area contributed by atoms with E-state index in [0.29, 0.717) is 6.42 Å². The molecule has 0 aliphatic carbocycles. The maximum Gasteiger partial charge on any atom is 0.305 e. The number of unbranched alkanes of at least 4 members (excludes halogenated alkanes) is 1. The van der Waals surface area contributed by atoms with Gasteiger partial charge in [0.25, 0.3) is 0 Å². The first-order valence-electron chi connectivity index (χ1n) is 8.76. The Morgan fingerprint density at radius 1 is 1.17 bits per heavy atom. The number of nitrogens with zero attached hydrogens (tertiary/aromatic N) is 2. The van der Waals surface area contributed by atoms with Crippen LogP contribution in [-0.2, 0) is 9.53 Å². The van der Waals surface area contributed by atoms with Crippen LogP contribution >= 0.6 is 24.0 Å². The number of nitrogens with one attached hydrogen (secondary N) is 2. The lowest BCUT2D eigenvalue weighted by Crippen LogP contribution is -2.54. The minimum Gasteiger partial charge on any atom is -0.469 e. The summed E-state index contributed by atoms with van der Waals surface area (Å²) in [5.74, 6) is 0.684. The van der Waals surface area contributed by atoms with Crippen molar-refractivity contribution in [3.63, 3.8) is 0 Å². The highest BCUT2D eigenvalue weighted by atomic mass is 127. The van der Waals surface area contributed by atoms with E-state index in [-0.39, 0.29) is 35.5 Å². The summed E-state index contributed by atoms with van der Waals surface area (Å²) >= 11 is 0. The number of methoxy groups -OCH3 is 1. The van der Waals surface area contributed by atoms with Crippen LogP contribution in [0.25, 0.3) is 0 Å². The van der Waals surface area contributed by atoms with Crippen LogP contribution in [0.4, 0.5) is 0 Å². The van der Waals surface area contributed by atoms with Crippen molar-refractivity contribution in [3.05, 3.63) is 0 Å². The fourth-order valence-electron chi connectivity index (χ4n) is 2.83. The number of ether oxygens (including phenoxy) is 1. The molecule has 0 unspecified atom stereocenters. The second-order valence-corrected chi connectivity index (χ2v) is 6.75. The molecule has 0 atom stereocenters. The molecule has 6 nitrogen and oxygen atoms in total. The molecule has 1 rings (SSSR count). The molecular formula is C17H35IN4O2. The molecule has 142 valence electrons. The lowest BCUT2D eigenvalue weighted by Gasteiger charge is -2.41. The molecule has 2 N–H and O–H groups in total. The second kappa shape index (κ2) is 12.7. The fourth-order valence-corrected chi connectivity index (χ4v) is 2.83. The van der Waals surface area contributed by atoms with Crippen molar-refractivity contribution in [1.29, 1.82) is 0 Å². The first-order valence-corrected chi connectivity index (χ1v) is 8.76. The molecule has 0 radical (unpaired) electrons. The van der Waals surface area contributed by atoms with Gasteiger partial charge in [-0.15, -0.1) is 24.0 Å². The van der Waals surface area contributed by atoms with Gasteiger partial charge in [0, 0.05) is 32.1 Å². The average Bonchev–Trinajstić information content (AvgIpc) is 2.57. The Morgan fingerprint density at radius 3 is 2.42 bits per heavy atom. The van der Waals surface area contributed by atoms with Crippen molar-refractivity contribution in [2.24, 2.45) is 4.99 Å². The average molecular weight is 454 g/mol. The third-order valence-electron chi connectivity index (χ3n) is 4.45. The topological polar surface area (TPSA) is 66.0 Å². The number of carbonyl (C=O) groups is 1. The van der Waals surface area contributed by atoms with Gasteiger partial charge in [0.2, 0.25) is 0 Å². The molecule has 0 aromatic carbocycles. The zero-order chi connectivity index (χ0) is 17.1. The van der Waals surface area contributed by atoms with Crippen molar-refractivity contribution < 1.29 is 9.53 Å². The number of likely N-dealkylation sites (tertiary alicyclic amines) is 1. The molecule has 1 heterocycles. The van der Waals surface area contributed by atoms with Gasteiger partial charge < -0.3 is 15.4 Å². The molecule has 0 aromatic rings. The van der Waals surface area contributed by atoms with Gasteiger partial charge >= 0.3 is 5.97 Å². The van der Waals surface area contributed by atoms with Gasteiger partial charge in [0.15, 0.2) is 5.96 Å². The van der Waals surface area contributed by atoms with Gasteiger partial charge in [-0.25, -0.2) is 0 Å². The summed E-state index contributed by atoms with van der Waals surface area (Å²) < 4.78 is 4.63. The molecule has 1 saturated heterocycles. The molecule has 7 heteroatoms. The normalized spacial score (nSPS) is 16.2. The van der Waals surface area contributed by atoms with Gasteiger partial charge in [-0.3, -0.25) is 14.7 Å². The van der Waals surface area contributed by atoms with Crippen LogP contribution in [-0.4, -0.2) is 62.7 Å². The van der Waals surface area contributed by atoms with Crippen molar-refractivity contribution in [3.8, 4) is 0 Å². The number of aliphatic imine (C=N–C) groups is 1. The van der Waals surface area contributed by atoms with Crippen molar-refractivity contribution in [2.75, 3.05) is 40.3 Å². The highest BCUT2D eigenvalue weighted by Gasteiger charge is 2.27. The SMILES string of the molecule is CN=C(NCCCCC(=O)OC)NCC(C)(C)N1CCCCC1.I. The molecule has 1 aliphatic heterocycles. The van der Waals surface area contributed by atoms with E-state index in [1.165, 1.54) is 39.5 Å². The van der Waals surface area contributed by atoms with Gasteiger partial charge in [-0.05, 0) is 52.6 Å². The Bertz CT molecular complexity index is 383. The zero-order valence-corrected chi connectivity index (χ0v) is 18.0. The highest BCUT2D eigenvalue weighted by Crippen LogP contribution is 2.19. The molecule has 0 aromatic heterocycles. The van der Waals surface area contributed by atoms with Crippen LogP contribution in [0.5, 0.6) is 0 Å². The van der Waals surface area contributed by atoms with Crippen LogP contribution < -0.4 is 10.6 Å². The van der Waals surface area contributed by atoms with Gasteiger partial charge in [-0.2, -0.15) is 0 Å². The third kappa shape index (κ3) is 9.05. The highest BCUT2D eigenvalue weighted by molar-refractivity contribution is 14.0. The van der Waals surface area contributed by atoms with E-state index in [4.69, 9.17) is 0 Å². The van der Waals surface area contributed by atoms with E-state index >= 15 is 0 Å². The van der Waals surface area contributed by atoms with E-state index in [1.807, 2.05) is 0 Å². The van der Waals surface area contributed by atoms with Crippen molar-refractivity contribution in [2.45, 2.75) is 57.9 Å². The predicted octanol–water partition coefficient (Wildman–Crippen LogP) is 2.38. The smallest absolute Gasteiger partial charge is 0.305 e. The third-order valence-corrected chi connectivity index (χ3v) is 4.45. The molecule has 0 amide bonds. The summed E-state index contributed by atoms with van der Waals surface area (Å²) in [4.78, 5) is 17.9. The number of carbonyl (C=O) groups excluding carboxylic acids is 1. The van der Waals surface area contributed by atoms with E-state index in [9.17, 15) is 4.79 Å². The molecule has 1 aliphatic rings. The van der Waals surface area contributed by atoms with Crippen LogP contribution in [0, 0.1) is 0 Å². The van der Waals surface area contributed by atoms with Gasteiger partial charge in [0.1, 0.15) is 0 Å². The number of hydrogen-bond acceptors (Lipinski definition) is 4. The van der Waals surface area contributed by atoms with Crippen LogP contribution in [0.3, 0.4) is 0 Å². The minimum absolute atomic E-state index is 0. The lowest BCUT2D eigenvalue weighted by molar-refractivity contribution is -0.140. The summed E-state index contributed by atoms with van der Waals surface area (Å²) in [6, 6.07) is 0. The summed E-state index contributed by atoms with van der Waals surface area (Å²) in [6.07, 6.45) is 6.19. The number of guanidine groups is 1. The standard InChI is InChI=1S/C17H34N4O2.HI/c1-17(2,21-12-8-5-9-13-21)14-20-16(18-3)19-11-7-6-10-15(22)23-4;/h5-14H2,1-4H3,(H2,18,19,20);1H. The van der Waals surface area contributed by atoms with E-state index in [2.05, 4.69) is 39.1 Å². The quantitative estimate of drug-likeness (QED) is 0.194. The molecule has 0 bridgehead atoms. The Hall–Kier alpha value is -0.570. The molecule has 1 fully saturated rings. The number of esters is 1. The monoisotopic (exact) mass is 454 g/mol. The predicted molar refractivity (Wildman–Crippen MR) is 110 cm³/mol. The maximum atomic E-state index is 11.0. The maximum absolute atomic E-state index is 11.0. The molecule has 0 spiro atoms. The number of halogens is 1. The number of hydrogen-bond donors (Lipinski definition) is 2. The Kier molecular flexibility index (Phi) is 12.4. The van der Waals surface area contributed by atoms with Crippen LogP contribution in [0.2, 0.25) is 0 Å². The zero-order valence-electron chi connectivity index (χ0n) is 15.7. The molecule has 24 heavy (non-hydrogen) atoms. The largest absolute Gasteiger partial charge is 0.469 e. The van der Waals surface area contributed by atoms with E-state index in [1.54, 1.807) is 7.05 Å². The van der Waals surface area contributed by atoms with E-state index in [0.717, 1.165) is 31.9 Å². The first-order chi connectivity index (χ1) is 11.0. The first kappa shape index (κ1) is 23.4. The lowest BCUT2D eigenvalue weighted by atomic mass is 9.98. The van der Waals surface area contributed by atoms with Crippen LogP contribution in [0.1, 0.15) is 52.4 Å².